The van der Waals surface area contributed by atoms with Crippen molar-refractivity contribution in [3.8, 4) is 5.75 Å². The van der Waals surface area contributed by atoms with Gasteiger partial charge in [-0.2, -0.15) is 0 Å². The molecule has 1 fully saturated rings. The van der Waals surface area contributed by atoms with Crippen LogP contribution in [-0.2, 0) is 19.1 Å². The van der Waals surface area contributed by atoms with E-state index >= 15 is 0 Å². The highest BCUT2D eigenvalue weighted by Crippen LogP contribution is 2.33. The first kappa shape index (κ1) is 17.9. The number of ether oxygens (including phenoxy) is 3. The molecule has 2 aromatic rings. The lowest BCUT2D eigenvalue weighted by Crippen LogP contribution is -2.17. The highest BCUT2D eigenvalue weighted by molar-refractivity contribution is 5.95. The quantitative estimate of drug-likeness (QED) is 0.462. The Labute approximate surface area is 162 Å². The molecule has 2 aromatic carbocycles. The third-order valence-corrected chi connectivity index (χ3v) is 4.54. The molecule has 1 unspecified atom stereocenters. The van der Waals surface area contributed by atoms with Gasteiger partial charge in [-0.15, -0.1) is 0 Å². The van der Waals surface area contributed by atoms with Gasteiger partial charge >= 0.3 is 11.9 Å². The molecule has 0 aromatic heterocycles. The molecule has 28 heavy (non-hydrogen) atoms. The maximum absolute atomic E-state index is 12.3. The average molecular weight is 377 g/mol. The fourth-order valence-corrected chi connectivity index (χ4v) is 3.09. The highest BCUT2D eigenvalue weighted by atomic mass is 16.6. The Balaban J connectivity index is 1.48. The maximum atomic E-state index is 12.3. The Kier molecular flexibility index (Phi) is 4.85. The van der Waals surface area contributed by atoms with Gasteiger partial charge in [-0.25, -0.2) is 9.59 Å². The van der Waals surface area contributed by atoms with E-state index in [2.05, 4.69) is 0 Å². The van der Waals surface area contributed by atoms with Gasteiger partial charge in [0, 0.05) is 19.0 Å². The number of likely N-dealkylation sites (N-methyl/N-ethyl adjacent to an activating group) is 1. The molecule has 0 N–H and O–H groups in total. The minimum absolute atomic E-state index is 0.244. The Hall–Kier alpha value is -3.54. The summed E-state index contributed by atoms with van der Waals surface area (Å²) in [6.45, 7) is 0.504. The van der Waals surface area contributed by atoms with E-state index in [4.69, 9.17) is 14.2 Å². The summed E-state index contributed by atoms with van der Waals surface area (Å²) in [4.78, 5) is 26.1. The van der Waals surface area contributed by atoms with Crippen LogP contribution in [0.1, 0.15) is 23.8 Å². The number of esters is 2. The summed E-state index contributed by atoms with van der Waals surface area (Å²) in [5.41, 5.74) is 2.17. The molecule has 6 nitrogen and oxygen atoms in total. The Bertz CT molecular complexity index is 947. The average Bonchev–Trinajstić information content (AvgIpc) is 3.35. The van der Waals surface area contributed by atoms with Gasteiger partial charge in [-0.3, -0.25) is 0 Å². The van der Waals surface area contributed by atoms with Crippen LogP contribution in [0, 0.1) is 0 Å². The molecule has 2 aliphatic heterocycles. The zero-order valence-electron chi connectivity index (χ0n) is 15.3. The number of hydrogen-bond acceptors (Lipinski definition) is 6. The topological polar surface area (TPSA) is 65.1 Å². The number of cyclic esters (lactones) is 1. The second-order valence-corrected chi connectivity index (χ2v) is 6.47. The van der Waals surface area contributed by atoms with Gasteiger partial charge in [-0.1, -0.05) is 42.5 Å². The molecule has 4 rings (SSSR count). The van der Waals surface area contributed by atoms with Gasteiger partial charge < -0.3 is 19.1 Å². The standard InChI is InChI=1S/C22H19NO5/c1-23-18(21(24)28-20(23)16-6-3-2-4-7-16)14-15-9-11-17(12-10-15)27-22(25)19-8-5-13-26-19/h2-4,6-12,14,20H,5,13H2,1H3/b18-14+. The van der Waals surface area contributed by atoms with E-state index < -0.39 is 12.2 Å². The molecule has 0 spiro atoms. The molecule has 2 aliphatic rings. The third kappa shape index (κ3) is 3.62. The molecule has 1 saturated heterocycles. The predicted molar refractivity (Wildman–Crippen MR) is 102 cm³/mol. The smallest absolute Gasteiger partial charge is 0.378 e. The zero-order valence-corrected chi connectivity index (χ0v) is 15.3. The van der Waals surface area contributed by atoms with Gasteiger partial charge in [0.15, 0.2) is 0 Å². The SMILES string of the molecule is CN1/C(=C/c2ccc(OC(=O)C3=CCCO3)cc2)C(=O)OC1c1ccccc1. The molecule has 6 heteroatoms. The van der Waals surface area contributed by atoms with Gasteiger partial charge in [0.05, 0.1) is 6.61 Å². The molecule has 0 radical (unpaired) electrons. The number of nitrogens with zero attached hydrogens (tertiary/aromatic N) is 1. The van der Waals surface area contributed by atoms with Crippen molar-refractivity contribution >= 4 is 18.0 Å². The van der Waals surface area contributed by atoms with Crippen LogP contribution < -0.4 is 4.74 Å². The van der Waals surface area contributed by atoms with Crippen LogP contribution >= 0.6 is 0 Å². The van der Waals surface area contributed by atoms with E-state index in [0.29, 0.717) is 24.5 Å². The Morgan fingerprint density at radius 3 is 2.57 bits per heavy atom. The number of carbonyl (C=O) groups is 2. The van der Waals surface area contributed by atoms with E-state index in [-0.39, 0.29) is 11.7 Å². The summed E-state index contributed by atoms with van der Waals surface area (Å²) in [6.07, 6.45) is 3.73. The summed E-state index contributed by atoms with van der Waals surface area (Å²) in [6, 6.07) is 16.5. The van der Waals surface area contributed by atoms with Crippen LogP contribution in [0.15, 0.2) is 72.1 Å². The van der Waals surface area contributed by atoms with Gasteiger partial charge in [0.25, 0.3) is 0 Å². The molecule has 0 saturated carbocycles. The first-order valence-corrected chi connectivity index (χ1v) is 8.97. The van der Waals surface area contributed by atoms with E-state index in [1.54, 1.807) is 41.3 Å². The summed E-state index contributed by atoms with van der Waals surface area (Å²) in [5.74, 6) is -0.230. The third-order valence-electron chi connectivity index (χ3n) is 4.54. The summed E-state index contributed by atoms with van der Waals surface area (Å²) in [7, 11) is 1.82. The monoisotopic (exact) mass is 377 g/mol. The van der Waals surface area contributed by atoms with E-state index in [1.165, 1.54) is 0 Å². The first-order chi connectivity index (χ1) is 13.6. The highest BCUT2D eigenvalue weighted by Gasteiger charge is 2.34. The fourth-order valence-electron chi connectivity index (χ4n) is 3.09. The van der Waals surface area contributed by atoms with Crippen molar-refractivity contribution in [3.05, 3.63) is 83.3 Å². The number of hydrogen-bond donors (Lipinski definition) is 0. The van der Waals surface area contributed by atoms with Crippen LogP contribution in [0.3, 0.4) is 0 Å². The molecule has 0 bridgehead atoms. The van der Waals surface area contributed by atoms with Crippen LogP contribution in [0.5, 0.6) is 5.75 Å². The Morgan fingerprint density at radius 2 is 1.89 bits per heavy atom. The normalized spacial score (nSPS) is 20.0. The van der Waals surface area contributed by atoms with Crippen molar-refractivity contribution in [2.45, 2.75) is 12.6 Å². The second-order valence-electron chi connectivity index (χ2n) is 6.47. The Morgan fingerprint density at radius 1 is 1.14 bits per heavy atom. The van der Waals surface area contributed by atoms with Gasteiger partial charge in [0.1, 0.15) is 11.4 Å². The number of benzene rings is 2. The molecule has 2 heterocycles. The molecule has 0 amide bonds. The maximum Gasteiger partial charge on any atom is 0.378 e. The molecular weight excluding hydrogens is 358 g/mol. The van der Waals surface area contributed by atoms with Crippen LogP contribution in [0.2, 0.25) is 0 Å². The lowest BCUT2D eigenvalue weighted by molar-refractivity contribution is -0.140. The van der Waals surface area contributed by atoms with Crippen molar-refractivity contribution < 1.29 is 23.8 Å². The molecule has 1 atom stereocenters. The minimum Gasteiger partial charge on any atom is -0.486 e. The fraction of sp³-hybridized carbons (Fsp3) is 0.182. The van der Waals surface area contributed by atoms with Crippen LogP contribution in [-0.4, -0.2) is 30.5 Å². The second kappa shape index (κ2) is 7.60. The van der Waals surface area contributed by atoms with E-state index in [1.807, 2.05) is 37.4 Å². The first-order valence-electron chi connectivity index (χ1n) is 8.97. The van der Waals surface area contributed by atoms with Crippen molar-refractivity contribution in [3.63, 3.8) is 0 Å². The lowest BCUT2D eigenvalue weighted by Gasteiger charge is -2.19. The molecular formula is C22H19NO5. The molecule has 0 aliphatic carbocycles. The van der Waals surface area contributed by atoms with Crippen LogP contribution in [0.25, 0.3) is 6.08 Å². The summed E-state index contributed by atoms with van der Waals surface area (Å²) in [5, 5.41) is 0. The predicted octanol–water partition coefficient (Wildman–Crippen LogP) is 3.42. The van der Waals surface area contributed by atoms with Gasteiger partial charge in [-0.05, 0) is 29.8 Å². The van der Waals surface area contributed by atoms with E-state index in [9.17, 15) is 9.59 Å². The van der Waals surface area contributed by atoms with Crippen molar-refractivity contribution in [2.24, 2.45) is 0 Å². The van der Waals surface area contributed by atoms with Crippen molar-refractivity contribution in [1.29, 1.82) is 0 Å². The summed E-state index contributed by atoms with van der Waals surface area (Å²) < 4.78 is 16.0. The largest absolute Gasteiger partial charge is 0.486 e. The van der Waals surface area contributed by atoms with Crippen molar-refractivity contribution in [1.82, 2.24) is 4.90 Å². The van der Waals surface area contributed by atoms with Gasteiger partial charge in [0.2, 0.25) is 12.0 Å². The minimum atomic E-state index is -0.506. The number of rotatable bonds is 4. The summed E-state index contributed by atoms with van der Waals surface area (Å²) >= 11 is 0. The van der Waals surface area contributed by atoms with E-state index in [0.717, 1.165) is 11.1 Å². The lowest BCUT2D eigenvalue weighted by atomic mass is 10.1. The van der Waals surface area contributed by atoms with Crippen molar-refractivity contribution in [2.75, 3.05) is 13.7 Å². The number of carbonyl (C=O) groups excluding carboxylic acids is 2. The zero-order chi connectivity index (χ0) is 19.5. The molecule has 142 valence electrons. The van der Waals surface area contributed by atoms with Crippen LogP contribution in [0.4, 0.5) is 0 Å².